The van der Waals surface area contributed by atoms with Crippen molar-refractivity contribution in [1.82, 2.24) is 29.2 Å². The van der Waals surface area contributed by atoms with E-state index in [2.05, 4.69) is 15.1 Å². The van der Waals surface area contributed by atoms with Gasteiger partial charge in [0, 0.05) is 31.2 Å². The molecule has 1 aliphatic heterocycles. The summed E-state index contributed by atoms with van der Waals surface area (Å²) < 4.78 is 9.10. The molecule has 4 rings (SSSR count). The monoisotopic (exact) mass is 354 g/mol. The van der Waals surface area contributed by atoms with E-state index in [0.717, 1.165) is 0 Å². The lowest BCUT2D eigenvalue weighted by Crippen LogP contribution is -2.31. The molecule has 26 heavy (non-hydrogen) atoms. The zero-order valence-electron chi connectivity index (χ0n) is 14.1. The largest absolute Gasteiger partial charge is 0.482 e. The summed E-state index contributed by atoms with van der Waals surface area (Å²) in [6.07, 6.45) is 8.66. The van der Waals surface area contributed by atoms with Crippen molar-refractivity contribution in [2.45, 2.75) is 12.2 Å². The molecule has 0 radical (unpaired) electrons. The number of aliphatic hydroxyl groups is 1. The van der Waals surface area contributed by atoms with Gasteiger partial charge in [-0.15, -0.1) is 0 Å². The first-order valence-electron chi connectivity index (χ1n) is 8.17. The van der Waals surface area contributed by atoms with E-state index >= 15 is 0 Å². The van der Waals surface area contributed by atoms with Crippen LogP contribution < -0.4 is 4.74 Å². The highest BCUT2D eigenvalue weighted by Gasteiger charge is 2.36. The van der Waals surface area contributed by atoms with Gasteiger partial charge in [-0.1, -0.05) is 0 Å². The summed E-state index contributed by atoms with van der Waals surface area (Å²) in [6.45, 7) is 0.518. The molecular formula is C17H18N6O3. The molecule has 1 fully saturated rings. The number of imidazole rings is 1. The lowest BCUT2D eigenvalue weighted by molar-refractivity contribution is 0.0729. The van der Waals surface area contributed by atoms with Crippen molar-refractivity contribution in [2.75, 3.05) is 13.1 Å². The fourth-order valence-electron chi connectivity index (χ4n) is 2.94. The Labute approximate surface area is 149 Å². The Morgan fingerprint density at radius 1 is 1.35 bits per heavy atom. The lowest BCUT2D eigenvalue weighted by atomic mass is 10.2. The molecule has 1 saturated heterocycles. The number of carbonyl (C=O) groups excluding carboxylic acids is 1. The normalized spacial score (nSPS) is 19.7. The van der Waals surface area contributed by atoms with Gasteiger partial charge in [0.2, 0.25) is 0 Å². The van der Waals surface area contributed by atoms with Gasteiger partial charge in [-0.2, -0.15) is 5.10 Å². The van der Waals surface area contributed by atoms with Crippen LogP contribution in [0, 0.1) is 0 Å². The zero-order valence-corrected chi connectivity index (χ0v) is 14.1. The number of likely N-dealkylation sites (tertiary alicyclic amines) is 1. The average molecular weight is 354 g/mol. The number of carbonyl (C=O) groups is 1. The molecule has 0 bridgehead atoms. The van der Waals surface area contributed by atoms with Gasteiger partial charge in [0.05, 0.1) is 25.5 Å². The van der Waals surface area contributed by atoms with E-state index in [0.29, 0.717) is 23.7 Å². The van der Waals surface area contributed by atoms with E-state index in [4.69, 9.17) is 4.74 Å². The molecule has 9 nitrogen and oxygen atoms in total. The fourth-order valence-corrected chi connectivity index (χ4v) is 2.94. The highest BCUT2D eigenvalue weighted by molar-refractivity contribution is 5.94. The topological polar surface area (TPSA) is 98.3 Å². The SMILES string of the molecule is Cn1cc(O[C@@H]2CN(C(=O)c3ccnc(-n4ccnc4)c3)C[C@H]2O)cn1. The standard InChI is InChI=1S/C17H18N6O3/c1-21-8-13(7-20-21)26-15-10-23(9-14(15)24)17(25)12-2-3-19-16(6-12)22-5-4-18-11-22/h2-8,11,14-15,24H,9-10H2,1H3/t14-,15-/m1/s1. The number of aliphatic hydroxyl groups excluding tert-OH is 1. The van der Waals surface area contributed by atoms with Crippen molar-refractivity contribution in [3.05, 3.63) is 55.0 Å². The molecule has 0 spiro atoms. The molecule has 0 saturated carbocycles. The molecule has 1 amide bonds. The Morgan fingerprint density at radius 3 is 2.96 bits per heavy atom. The van der Waals surface area contributed by atoms with Crippen LogP contribution in [0.5, 0.6) is 5.75 Å². The molecule has 2 atom stereocenters. The zero-order chi connectivity index (χ0) is 18.1. The van der Waals surface area contributed by atoms with Crippen LogP contribution in [0.4, 0.5) is 0 Å². The summed E-state index contributed by atoms with van der Waals surface area (Å²) in [5, 5.41) is 14.3. The Morgan fingerprint density at radius 2 is 2.23 bits per heavy atom. The Kier molecular flexibility index (Phi) is 4.13. The number of amides is 1. The van der Waals surface area contributed by atoms with Crippen LogP contribution in [-0.4, -0.2) is 65.5 Å². The summed E-state index contributed by atoms with van der Waals surface area (Å²) in [5.41, 5.74) is 0.498. The molecule has 3 aromatic rings. The quantitative estimate of drug-likeness (QED) is 0.722. The molecular weight excluding hydrogens is 336 g/mol. The van der Waals surface area contributed by atoms with Crippen LogP contribution in [0.25, 0.3) is 5.82 Å². The molecule has 0 aromatic carbocycles. The van der Waals surface area contributed by atoms with E-state index in [1.165, 1.54) is 0 Å². The Balaban J connectivity index is 1.48. The second-order valence-corrected chi connectivity index (χ2v) is 6.16. The number of nitrogens with zero attached hydrogens (tertiary/aromatic N) is 6. The molecule has 4 heterocycles. The van der Waals surface area contributed by atoms with Crippen molar-refractivity contribution in [3.63, 3.8) is 0 Å². The Bertz CT molecular complexity index is 907. The second kappa shape index (κ2) is 6.60. The minimum Gasteiger partial charge on any atom is -0.482 e. The van der Waals surface area contributed by atoms with Gasteiger partial charge in [-0.25, -0.2) is 9.97 Å². The summed E-state index contributed by atoms with van der Waals surface area (Å²) >= 11 is 0. The molecule has 134 valence electrons. The van der Waals surface area contributed by atoms with Crippen molar-refractivity contribution >= 4 is 5.91 Å². The number of pyridine rings is 1. The average Bonchev–Trinajstić information content (AvgIpc) is 3.38. The van der Waals surface area contributed by atoms with Crippen molar-refractivity contribution in [3.8, 4) is 11.6 Å². The van der Waals surface area contributed by atoms with Crippen LogP contribution in [0.1, 0.15) is 10.4 Å². The molecule has 9 heteroatoms. The maximum absolute atomic E-state index is 12.8. The number of ether oxygens (including phenoxy) is 1. The first-order chi connectivity index (χ1) is 12.6. The van der Waals surface area contributed by atoms with Gasteiger partial charge in [0.15, 0.2) is 5.75 Å². The van der Waals surface area contributed by atoms with Gasteiger partial charge in [-0.05, 0) is 12.1 Å². The number of aromatic nitrogens is 5. The summed E-state index contributed by atoms with van der Waals surface area (Å²) in [7, 11) is 1.79. The first kappa shape index (κ1) is 16.3. The third-order valence-electron chi connectivity index (χ3n) is 4.25. The predicted molar refractivity (Wildman–Crippen MR) is 90.9 cm³/mol. The van der Waals surface area contributed by atoms with Crippen LogP contribution in [0.2, 0.25) is 0 Å². The lowest BCUT2D eigenvalue weighted by Gasteiger charge is -2.16. The van der Waals surface area contributed by atoms with E-state index in [9.17, 15) is 9.90 Å². The van der Waals surface area contributed by atoms with Crippen LogP contribution in [-0.2, 0) is 7.05 Å². The van der Waals surface area contributed by atoms with Crippen LogP contribution >= 0.6 is 0 Å². The number of rotatable bonds is 4. The van der Waals surface area contributed by atoms with E-state index in [-0.39, 0.29) is 12.5 Å². The van der Waals surface area contributed by atoms with Crippen molar-refractivity contribution < 1.29 is 14.6 Å². The van der Waals surface area contributed by atoms with Gasteiger partial charge >= 0.3 is 0 Å². The summed E-state index contributed by atoms with van der Waals surface area (Å²) in [4.78, 5) is 22.6. The summed E-state index contributed by atoms with van der Waals surface area (Å²) in [6, 6.07) is 3.36. The molecule has 1 aliphatic rings. The minimum absolute atomic E-state index is 0.176. The predicted octanol–water partition coefficient (Wildman–Crippen LogP) is 0.265. The number of aryl methyl sites for hydroxylation is 1. The molecule has 3 aromatic heterocycles. The van der Waals surface area contributed by atoms with Crippen molar-refractivity contribution in [1.29, 1.82) is 0 Å². The van der Waals surface area contributed by atoms with Gasteiger partial charge in [-0.3, -0.25) is 14.0 Å². The maximum atomic E-state index is 12.8. The van der Waals surface area contributed by atoms with Gasteiger partial charge < -0.3 is 14.7 Å². The highest BCUT2D eigenvalue weighted by Crippen LogP contribution is 2.20. The third-order valence-corrected chi connectivity index (χ3v) is 4.25. The second-order valence-electron chi connectivity index (χ2n) is 6.16. The van der Waals surface area contributed by atoms with Crippen molar-refractivity contribution in [2.24, 2.45) is 7.05 Å². The molecule has 0 unspecified atom stereocenters. The van der Waals surface area contributed by atoms with Crippen LogP contribution in [0.15, 0.2) is 49.4 Å². The minimum atomic E-state index is -0.755. The smallest absolute Gasteiger partial charge is 0.254 e. The van der Waals surface area contributed by atoms with Gasteiger partial charge in [0.25, 0.3) is 5.91 Å². The highest BCUT2D eigenvalue weighted by atomic mass is 16.5. The molecule has 0 aliphatic carbocycles. The number of hydrogen-bond acceptors (Lipinski definition) is 6. The summed E-state index contributed by atoms with van der Waals surface area (Å²) in [5.74, 6) is 0.999. The fraction of sp³-hybridized carbons (Fsp3) is 0.294. The Hall–Kier alpha value is -3.20. The molecule has 1 N–H and O–H groups in total. The number of β-amino-alcohol motifs (C(OH)–C–C–N with tert-alkyl or cyclic N) is 1. The third kappa shape index (κ3) is 3.16. The van der Waals surface area contributed by atoms with E-state index in [1.54, 1.807) is 70.6 Å². The maximum Gasteiger partial charge on any atom is 0.254 e. The van der Waals surface area contributed by atoms with E-state index < -0.39 is 12.2 Å². The van der Waals surface area contributed by atoms with Crippen LogP contribution in [0.3, 0.4) is 0 Å². The van der Waals surface area contributed by atoms with E-state index in [1.807, 2.05) is 0 Å². The van der Waals surface area contributed by atoms with Gasteiger partial charge in [0.1, 0.15) is 24.4 Å². The number of hydrogen-bond donors (Lipinski definition) is 1. The first-order valence-corrected chi connectivity index (χ1v) is 8.17.